The zero-order valence-corrected chi connectivity index (χ0v) is 18.1. The summed E-state index contributed by atoms with van der Waals surface area (Å²) in [6, 6.07) is 9.70. The first-order valence-corrected chi connectivity index (χ1v) is 10.7. The monoisotopic (exact) mass is 404 g/mol. The van der Waals surface area contributed by atoms with E-state index in [0.717, 1.165) is 19.3 Å². The molecule has 0 saturated carbocycles. The average molecular weight is 405 g/mol. The van der Waals surface area contributed by atoms with Crippen LogP contribution in [0.3, 0.4) is 0 Å². The van der Waals surface area contributed by atoms with E-state index in [1.54, 1.807) is 7.11 Å². The number of carboxylic acid groups (broad SMARTS) is 1. The third kappa shape index (κ3) is 6.54. The van der Waals surface area contributed by atoms with Crippen molar-refractivity contribution in [3.63, 3.8) is 0 Å². The van der Waals surface area contributed by atoms with Crippen LogP contribution in [0.1, 0.15) is 45.6 Å². The van der Waals surface area contributed by atoms with Gasteiger partial charge in [-0.3, -0.25) is 14.5 Å². The Kier molecular flexibility index (Phi) is 9.11. The normalized spacial score (nSPS) is 22.8. The van der Waals surface area contributed by atoms with Gasteiger partial charge in [0.05, 0.1) is 6.61 Å². The number of hydrogen-bond donors (Lipinski definition) is 2. The number of benzene rings is 1. The van der Waals surface area contributed by atoms with E-state index >= 15 is 0 Å². The summed E-state index contributed by atoms with van der Waals surface area (Å²) in [5, 5.41) is 13.0. The number of carboxylic acids is 1. The number of rotatable bonds is 11. The molecular weight excluding hydrogens is 368 g/mol. The van der Waals surface area contributed by atoms with E-state index in [-0.39, 0.29) is 29.8 Å². The molecule has 1 heterocycles. The van der Waals surface area contributed by atoms with Gasteiger partial charge in [-0.05, 0) is 43.6 Å². The van der Waals surface area contributed by atoms with Crippen molar-refractivity contribution >= 4 is 11.9 Å². The van der Waals surface area contributed by atoms with Crippen LogP contribution in [0, 0.1) is 11.8 Å². The molecule has 2 N–H and O–H groups in total. The highest BCUT2D eigenvalue weighted by Crippen LogP contribution is 2.33. The first-order chi connectivity index (χ1) is 13.9. The molecule has 1 aliphatic rings. The van der Waals surface area contributed by atoms with Crippen molar-refractivity contribution in [1.29, 1.82) is 0 Å². The van der Waals surface area contributed by atoms with Gasteiger partial charge in [-0.1, -0.05) is 43.7 Å². The first-order valence-electron chi connectivity index (χ1n) is 10.7. The molecule has 1 aromatic carbocycles. The van der Waals surface area contributed by atoms with Crippen molar-refractivity contribution in [2.45, 2.75) is 64.6 Å². The fourth-order valence-corrected chi connectivity index (χ4v) is 4.82. The maximum Gasteiger partial charge on any atom is 0.320 e. The predicted molar refractivity (Wildman–Crippen MR) is 114 cm³/mol. The third-order valence-electron chi connectivity index (χ3n) is 6.02. The van der Waals surface area contributed by atoms with Crippen molar-refractivity contribution in [2.24, 2.45) is 11.8 Å². The number of methoxy groups -OCH3 is 1. The van der Waals surface area contributed by atoms with Crippen molar-refractivity contribution in [2.75, 3.05) is 20.3 Å². The maximum absolute atomic E-state index is 12.1. The van der Waals surface area contributed by atoms with Crippen LogP contribution in [0.5, 0.6) is 0 Å². The second-order valence-corrected chi connectivity index (χ2v) is 8.31. The summed E-state index contributed by atoms with van der Waals surface area (Å²) in [5.74, 6) is -0.459. The first kappa shape index (κ1) is 23.4. The molecule has 6 heteroatoms. The van der Waals surface area contributed by atoms with Crippen LogP contribution in [-0.4, -0.2) is 60.3 Å². The third-order valence-corrected chi connectivity index (χ3v) is 6.02. The number of amides is 1. The zero-order valence-electron chi connectivity index (χ0n) is 18.1. The maximum atomic E-state index is 12.1. The van der Waals surface area contributed by atoms with Crippen LogP contribution in [0.4, 0.5) is 0 Å². The number of hydrogen-bond acceptors (Lipinski definition) is 4. The van der Waals surface area contributed by atoms with Gasteiger partial charge in [-0.25, -0.2) is 0 Å². The van der Waals surface area contributed by atoms with Crippen molar-refractivity contribution < 1.29 is 19.4 Å². The molecule has 0 bridgehead atoms. The molecule has 2 rings (SSSR count). The summed E-state index contributed by atoms with van der Waals surface area (Å²) in [6.45, 7) is 6.99. The smallest absolute Gasteiger partial charge is 0.320 e. The predicted octanol–water partition coefficient (Wildman–Crippen LogP) is 2.96. The summed E-state index contributed by atoms with van der Waals surface area (Å²) >= 11 is 0. The molecule has 1 aromatic rings. The quantitative estimate of drug-likeness (QED) is 0.593. The minimum absolute atomic E-state index is 0.0298. The average Bonchev–Trinajstić information content (AvgIpc) is 3.09. The summed E-state index contributed by atoms with van der Waals surface area (Å²) in [7, 11) is 1.67. The Morgan fingerprint density at radius 2 is 2.00 bits per heavy atom. The lowest BCUT2D eigenvalue weighted by atomic mass is 9.83. The standard InChI is InChI=1S/C23H36N2O4/c1-5-9-20(16(2)24-17(3)26)21(12-18-10-7-6-8-11-18)25-14-19(15-29-4)13-22(25)23(27)28/h6-8,10-11,16,19-22H,5,9,12-15H2,1-4H3,(H,24,26)(H,27,28). The molecule has 1 fully saturated rings. The van der Waals surface area contributed by atoms with E-state index in [4.69, 9.17) is 4.74 Å². The van der Waals surface area contributed by atoms with Crippen LogP contribution >= 0.6 is 0 Å². The van der Waals surface area contributed by atoms with Gasteiger partial charge in [0.15, 0.2) is 0 Å². The van der Waals surface area contributed by atoms with Gasteiger partial charge in [0.25, 0.3) is 0 Å². The molecule has 1 aliphatic heterocycles. The van der Waals surface area contributed by atoms with E-state index in [1.165, 1.54) is 12.5 Å². The van der Waals surface area contributed by atoms with E-state index in [9.17, 15) is 14.7 Å². The lowest BCUT2D eigenvalue weighted by Gasteiger charge is -2.40. The van der Waals surface area contributed by atoms with Crippen LogP contribution in [0.15, 0.2) is 30.3 Å². The van der Waals surface area contributed by atoms with Gasteiger partial charge in [-0.15, -0.1) is 0 Å². The zero-order chi connectivity index (χ0) is 21.4. The van der Waals surface area contributed by atoms with Crippen LogP contribution in [0.25, 0.3) is 0 Å². The van der Waals surface area contributed by atoms with Gasteiger partial charge in [0, 0.05) is 32.7 Å². The van der Waals surface area contributed by atoms with E-state index in [0.29, 0.717) is 19.6 Å². The minimum Gasteiger partial charge on any atom is -0.480 e. The van der Waals surface area contributed by atoms with Gasteiger partial charge >= 0.3 is 5.97 Å². The highest BCUT2D eigenvalue weighted by molar-refractivity contribution is 5.74. The van der Waals surface area contributed by atoms with Gasteiger partial charge in [0.1, 0.15) is 6.04 Å². The fourth-order valence-electron chi connectivity index (χ4n) is 4.82. The van der Waals surface area contributed by atoms with Crippen LogP contribution in [-0.2, 0) is 20.7 Å². The number of aliphatic carboxylic acids is 1. The van der Waals surface area contributed by atoms with Gasteiger partial charge in [0.2, 0.25) is 5.91 Å². The van der Waals surface area contributed by atoms with Gasteiger partial charge in [-0.2, -0.15) is 0 Å². The van der Waals surface area contributed by atoms with Crippen molar-refractivity contribution in [1.82, 2.24) is 10.2 Å². The fraction of sp³-hybridized carbons (Fsp3) is 0.652. The number of carbonyl (C=O) groups is 2. The molecule has 5 atom stereocenters. The highest BCUT2D eigenvalue weighted by Gasteiger charge is 2.43. The molecular formula is C23H36N2O4. The van der Waals surface area contributed by atoms with E-state index in [1.807, 2.05) is 25.1 Å². The number of likely N-dealkylation sites (tertiary alicyclic amines) is 1. The lowest BCUT2D eigenvalue weighted by molar-refractivity contribution is -0.143. The van der Waals surface area contributed by atoms with Crippen LogP contribution < -0.4 is 5.32 Å². The highest BCUT2D eigenvalue weighted by atomic mass is 16.5. The molecule has 0 spiro atoms. The summed E-state index contributed by atoms with van der Waals surface area (Å²) < 4.78 is 5.33. The molecule has 6 nitrogen and oxygen atoms in total. The second kappa shape index (κ2) is 11.3. The number of nitrogens with zero attached hydrogens (tertiary/aromatic N) is 1. The molecule has 29 heavy (non-hydrogen) atoms. The minimum atomic E-state index is -0.774. The molecule has 5 unspecified atom stereocenters. The Labute approximate surface area is 174 Å². The largest absolute Gasteiger partial charge is 0.480 e. The Balaban J connectivity index is 2.38. The van der Waals surface area contributed by atoms with Gasteiger partial charge < -0.3 is 15.2 Å². The Bertz CT molecular complexity index is 652. The number of nitrogens with one attached hydrogen (secondary N) is 1. The molecule has 0 aromatic heterocycles. The number of carbonyl (C=O) groups excluding carboxylic acids is 1. The molecule has 1 amide bonds. The Morgan fingerprint density at radius 1 is 1.31 bits per heavy atom. The molecule has 162 valence electrons. The van der Waals surface area contributed by atoms with Crippen LogP contribution in [0.2, 0.25) is 0 Å². The van der Waals surface area contributed by atoms with E-state index < -0.39 is 12.0 Å². The molecule has 1 saturated heterocycles. The molecule has 0 radical (unpaired) electrons. The molecule has 0 aliphatic carbocycles. The topological polar surface area (TPSA) is 78.9 Å². The summed E-state index contributed by atoms with van der Waals surface area (Å²) in [4.78, 5) is 26.0. The lowest BCUT2D eigenvalue weighted by Crippen LogP contribution is -2.53. The second-order valence-electron chi connectivity index (χ2n) is 8.31. The van der Waals surface area contributed by atoms with Crippen molar-refractivity contribution in [3.8, 4) is 0 Å². The number of ether oxygens (including phenoxy) is 1. The van der Waals surface area contributed by atoms with E-state index in [2.05, 4.69) is 29.3 Å². The van der Waals surface area contributed by atoms with Crippen molar-refractivity contribution in [3.05, 3.63) is 35.9 Å². The summed E-state index contributed by atoms with van der Waals surface area (Å²) in [5.41, 5.74) is 1.19. The Morgan fingerprint density at radius 3 is 2.55 bits per heavy atom. The Hall–Kier alpha value is -1.92. The summed E-state index contributed by atoms with van der Waals surface area (Å²) in [6.07, 6.45) is 3.27. The SMILES string of the molecule is CCCC(C(C)NC(C)=O)C(Cc1ccccc1)N1CC(COC)CC1C(=O)O.